The van der Waals surface area contributed by atoms with Gasteiger partial charge in [0.2, 0.25) is 0 Å². The van der Waals surface area contributed by atoms with Gasteiger partial charge in [0.1, 0.15) is 23.6 Å². The van der Waals surface area contributed by atoms with E-state index >= 15 is 0 Å². The molecule has 0 bridgehead atoms. The third-order valence-electron chi connectivity index (χ3n) is 5.34. The van der Waals surface area contributed by atoms with Crippen molar-refractivity contribution in [3.8, 4) is 11.5 Å². The Morgan fingerprint density at radius 3 is 2.37 bits per heavy atom. The van der Waals surface area contributed by atoms with E-state index in [1.54, 1.807) is 38.7 Å². The summed E-state index contributed by atoms with van der Waals surface area (Å²) in [6.07, 6.45) is 3.67. The number of ether oxygens (including phenoxy) is 2. The zero-order valence-electron chi connectivity index (χ0n) is 17.5. The highest BCUT2D eigenvalue weighted by Crippen LogP contribution is 2.24. The Labute approximate surface area is 175 Å². The van der Waals surface area contributed by atoms with Gasteiger partial charge in [-0.05, 0) is 18.6 Å². The van der Waals surface area contributed by atoms with Gasteiger partial charge in [0.15, 0.2) is 0 Å². The van der Waals surface area contributed by atoms with E-state index in [0.29, 0.717) is 49.0 Å². The van der Waals surface area contributed by atoms with Crippen LogP contribution in [0.15, 0.2) is 30.6 Å². The van der Waals surface area contributed by atoms with Crippen molar-refractivity contribution in [2.24, 2.45) is 0 Å². The van der Waals surface area contributed by atoms with Gasteiger partial charge in [0.25, 0.3) is 11.7 Å². The van der Waals surface area contributed by atoms with Crippen molar-refractivity contribution in [2.75, 3.05) is 45.3 Å². The Bertz CT molecular complexity index is 1020. The van der Waals surface area contributed by atoms with Gasteiger partial charge in [-0.2, -0.15) is 4.98 Å². The van der Waals surface area contributed by atoms with Crippen LogP contribution in [0.3, 0.4) is 0 Å². The molecule has 0 N–H and O–H groups in total. The van der Waals surface area contributed by atoms with Gasteiger partial charge in [-0.25, -0.2) is 0 Å². The summed E-state index contributed by atoms with van der Waals surface area (Å²) in [5.74, 6) is 2.67. The first kappa shape index (κ1) is 19.9. The highest BCUT2D eigenvalue weighted by molar-refractivity contribution is 5.95. The van der Waals surface area contributed by atoms with Crippen LogP contribution in [-0.2, 0) is 6.42 Å². The molecule has 1 aliphatic rings. The standard InChI is InChI=1S/C21H26N6O3/c1-4-5-16-12-19(23-21-24-22-14-27(16)21)25-6-8-26(9-7-25)20(28)15-10-17(29-2)13-18(11-15)30-3/h10-14H,4-9H2,1-3H3. The van der Waals surface area contributed by atoms with Crippen LogP contribution in [0.4, 0.5) is 5.82 Å². The van der Waals surface area contributed by atoms with E-state index < -0.39 is 0 Å². The van der Waals surface area contributed by atoms with Crippen molar-refractivity contribution in [2.45, 2.75) is 19.8 Å². The summed E-state index contributed by atoms with van der Waals surface area (Å²) in [4.78, 5) is 21.7. The molecular formula is C21H26N6O3. The summed E-state index contributed by atoms with van der Waals surface area (Å²) in [7, 11) is 3.15. The molecule has 1 amide bonds. The molecular weight excluding hydrogens is 384 g/mol. The van der Waals surface area contributed by atoms with Crippen molar-refractivity contribution in [1.82, 2.24) is 24.5 Å². The Balaban J connectivity index is 1.49. The highest BCUT2D eigenvalue weighted by atomic mass is 16.5. The Kier molecular flexibility index (Phi) is 5.69. The fourth-order valence-corrected chi connectivity index (χ4v) is 3.72. The zero-order valence-corrected chi connectivity index (χ0v) is 17.5. The van der Waals surface area contributed by atoms with E-state index in [1.807, 2.05) is 9.30 Å². The fraction of sp³-hybridized carbons (Fsp3) is 0.429. The largest absolute Gasteiger partial charge is 0.497 e. The molecule has 1 saturated heterocycles. The van der Waals surface area contributed by atoms with Crippen LogP contribution in [0.5, 0.6) is 11.5 Å². The molecule has 0 unspecified atom stereocenters. The van der Waals surface area contributed by atoms with Gasteiger partial charge in [-0.3, -0.25) is 9.20 Å². The number of methoxy groups -OCH3 is 2. The molecule has 2 aromatic heterocycles. The maximum Gasteiger partial charge on any atom is 0.256 e. The van der Waals surface area contributed by atoms with Gasteiger partial charge in [0.05, 0.1) is 14.2 Å². The molecule has 9 heteroatoms. The van der Waals surface area contributed by atoms with Crippen molar-refractivity contribution >= 4 is 17.5 Å². The second-order valence-corrected chi connectivity index (χ2v) is 7.24. The van der Waals surface area contributed by atoms with Crippen LogP contribution >= 0.6 is 0 Å². The molecule has 0 saturated carbocycles. The lowest BCUT2D eigenvalue weighted by Crippen LogP contribution is -2.49. The van der Waals surface area contributed by atoms with E-state index in [0.717, 1.165) is 24.4 Å². The van der Waals surface area contributed by atoms with Crippen molar-refractivity contribution < 1.29 is 14.3 Å². The number of amides is 1. The molecule has 9 nitrogen and oxygen atoms in total. The summed E-state index contributed by atoms with van der Waals surface area (Å²) >= 11 is 0. The minimum Gasteiger partial charge on any atom is -0.497 e. The number of carbonyl (C=O) groups is 1. The first-order chi connectivity index (χ1) is 14.6. The van der Waals surface area contributed by atoms with E-state index in [4.69, 9.17) is 9.47 Å². The SMILES string of the molecule is CCCc1cc(N2CCN(C(=O)c3cc(OC)cc(OC)c3)CC2)nc2nncn12. The van der Waals surface area contributed by atoms with E-state index in [1.165, 1.54) is 0 Å². The average molecular weight is 410 g/mol. The monoisotopic (exact) mass is 410 g/mol. The van der Waals surface area contributed by atoms with Crippen LogP contribution < -0.4 is 14.4 Å². The smallest absolute Gasteiger partial charge is 0.256 e. The summed E-state index contributed by atoms with van der Waals surface area (Å²) < 4.78 is 12.5. The number of hydrogen-bond acceptors (Lipinski definition) is 7. The van der Waals surface area contributed by atoms with Crippen LogP contribution in [0.1, 0.15) is 29.4 Å². The number of piperazine rings is 1. The highest BCUT2D eigenvalue weighted by Gasteiger charge is 2.24. The fourth-order valence-electron chi connectivity index (χ4n) is 3.72. The van der Waals surface area contributed by atoms with Crippen LogP contribution in [0, 0.1) is 0 Å². The second kappa shape index (κ2) is 8.56. The maximum absolute atomic E-state index is 13.0. The number of benzene rings is 1. The van der Waals surface area contributed by atoms with Gasteiger partial charge >= 0.3 is 0 Å². The quantitative estimate of drug-likeness (QED) is 0.615. The van der Waals surface area contributed by atoms with Crippen LogP contribution in [0.25, 0.3) is 5.78 Å². The minimum atomic E-state index is -0.0283. The Morgan fingerprint density at radius 1 is 1.03 bits per heavy atom. The van der Waals surface area contributed by atoms with Crippen LogP contribution in [-0.4, -0.2) is 70.8 Å². The summed E-state index contributed by atoms with van der Waals surface area (Å²) in [6.45, 7) is 4.78. The molecule has 1 aliphatic heterocycles. The Hall–Kier alpha value is -3.36. The number of aryl methyl sites for hydroxylation is 1. The molecule has 0 aliphatic carbocycles. The summed E-state index contributed by atoms with van der Waals surface area (Å²) in [6, 6.07) is 7.35. The molecule has 3 heterocycles. The van der Waals surface area contributed by atoms with E-state index in [-0.39, 0.29) is 5.91 Å². The van der Waals surface area contributed by atoms with Crippen molar-refractivity contribution in [1.29, 1.82) is 0 Å². The zero-order chi connectivity index (χ0) is 21.1. The Morgan fingerprint density at radius 2 is 1.73 bits per heavy atom. The third-order valence-corrected chi connectivity index (χ3v) is 5.34. The molecule has 0 atom stereocenters. The molecule has 1 aromatic carbocycles. The predicted molar refractivity (Wildman–Crippen MR) is 112 cm³/mol. The van der Waals surface area contributed by atoms with Gasteiger partial charge < -0.3 is 19.3 Å². The van der Waals surface area contributed by atoms with E-state index in [9.17, 15) is 4.79 Å². The number of rotatable bonds is 6. The van der Waals surface area contributed by atoms with Gasteiger partial charge in [-0.15, -0.1) is 10.2 Å². The number of anilines is 1. The first-order valence-electron chi connectivity index (χ1n) is 10.1. The third kappa shape index (κ3) is 3.87. The van der Waals surface area contributed by atoms with Gasteiger partial charge in [0, 0.05) is 49.6 Å². The normalized spacial score (nSPS) is 14.2. The average Bonchev–Trinajstić information content (AvgIpc) is 3.27. The topological polar surface area (TPSA) is 85.1 Å². The second-order valence-electron chi connectivity index (χ2n) is 7.24. The summed E-state index contributed by atoms with van der Waals surface area (Å²) in [5.41, 5.74) is 1.71. The molecule has 1 fully saturated rings. The lowest BCUT2D eigenvalue weighted by atomic mass is 10.1. The maximum atomic E-state index is 13.0. The molecule has 4 rings (SSSR count). The lowest BCUT2D eigenvalue weighted by Gasteiger charge is -2.35. The molecule has 3 aromatic rings. The van der Waals surface area contributed by atoms with E-state index in [2.05, 4.69) is 33.1 Å². The number of aromatic nitrogens is 4. The van der Waals surface area contributed by atoms with Crippen molar-refractivity contribution in [3.63, 3.8) is 0 Å². The van der Waals surface area contributed by atoms with Gasteiger partial charge in [-0.1, -0.05) is 13.3 Å². The van der Waals surface area contributed by atoms with Crippen molar-refractivity contribution in [3.05, 3.63) is 41.9 Å². The number of nitrogens with zero attached hydrogens (tertiary/aromatic N) is 6. The minimum absolute atomic E-state index is 0.0283. The molecule has 0 spiro atoms. The lowest BCUT2D eigenvalue weighted by molar-refractivity contribution is 0.0745. The predicted octanol–water partition coefficient (Wildman–Crippen LogP) is 2.06. The van der Waals surface area contributed by atoms with Crippen LogP contribution in [0.2, 0.25) is 0 Å². The number of carbonyl (C=O) groups excluding carboxylic acids is 1. The molecule has 158 valence electrons. The summed E-state index contributed by atoms with van der Waals surface area (Å²) in [5, 5.41) is 8.11. The molecule has 30 heavy (non-hydrogen) atoms. The number of hydrogen-bond donors (Lipinski definition) is 0. The first-order valence-corrected chi connectivity index (χ1v) is 10.1. The molecule has 0 radical (unpaired) electrons. The number of fused-ring (bicyclic) bond motifs is 1.